The summed E-state index contributed by atoms with van der Waals surface area (Å²) >= 11 is 1.30. The van der Waals surface area contributed by atoms with Crippen LogP contribution >= 0.6 is 11.3 Å². The smallest absolute Gasteiger partial charge is 0.408 e. The van der Waals surface area contributed by atoms with Crippen molar-refractivity contribution in [3.8, 4) is 22.6 Å². The highest BCUT2D eigenvalue weighted by Crippen LogP contribution is 2.40. The van der Waals surface area contributed by atoms with Gasteiger partial charge >= 0.3 is 12.1 Å². The van der Waals surface area contributed by atoms with Crippen LogP contribution in [-0.4, -0.2) is 67.2 Å². The van der Waals surface area contributed by atoms with Gasteiger partial charge in [0.2, 0.25) is 0 Å². The molecule has 242 valence electrons. The van der Waals surface area contributed by atoms with Crippen molar-refractivity contribution < 1.29 is 29.3 Å². The molecule has 4 rings (SSSR count). The van der Waals surface area contributed by atoms with Gasteiger partial charge in [0.05, 0.1) is 44.9 Å². The summed E-state index contributed by atoms with van der Waals surface area (Å²) in [7, 11) is 1.66. The molecule has 45 heavy (non-hydrogen) atoms. The second kappa shape index (κ2) is 13.6. The summed E-state index contributed by atoms with van der Waals surface area (Å²) in [5.41, 5.74) is 5.56. The number of aliphatic carboxylic acids is 1. The number of methoxy groups -OCH3 is 1. The summed E-state index contributed by atoms with van der Waals surface area (Å²) < 4.78 is 13.1. The van der Waals surface area contributed by atoms with E-state index in [1.807, 2.05) is 50.4 Å². The molecule has 2 atom stereocenters. The number of nitrogens with one attached hydrogen (secondary N) is 1. The van der Waals surface area contributed by atoms with Gasteiger partial charge in [-0.2, -0.15) is 0 Å². The predicted molar refractivity (Wildman–Crippen MR) is 174 cm³/mol. The van der Waals surface area contributed by atoms with Crippen molar-refractivity contribution in [2.45, 2.75) is 85.6 Å². The molecule has 4 aromatic heterocycles. The van der Waals surface area contributed by atoms with Crippen LogP contribution in [0.3, 0.4) is 0 Å². The Balaban J connectivity index is 1.79. The molecule has 4 aromatic rings. The lowest BCUT2D eigenvalue weighted by molar-refractivity contribution is -0.139. The Morgan fingerprint density at radius 1 is 1.11 bits per heavy atom. The fourth-order valence-electron chi connectivity index (χ4n) is 5.17. The number of aromatic nitrogens is 4. The zero-order valence-electron chi connectivity index (χ0n) is 27.2. The van der Waals surface area contributed by atoms with E-state index in [1.165, 1.54) is 11.3 Å². The first kappa shape index (κ1) is 34.0. The zero-order valence-corrected chi connectivity index (χ0v) is 28.0. The van der Waals surface area contributed by atoms with Gasteiger partial charge in [0.15, 0.2) is 0 Å². The van der Waals surface area contributed by atoms with E-state index in [0.29, 0.717) is 29.4 Å². The number of rotatable bonds is 12. The number of amides is 1. The van der Waals surface area contributed by atoms with Crippen molar-refractivity contribution in [1.82, 2.24) is 24.8 Å². The monoisotopic (exact) mass is 637 g/mol. The number of aliphatic hydroxyl groups is 1. The van der Waals surface area contributed by atoms with Crippen LogP contribution in [0.15, 0.2) is 35.8 Å². The van der Waals surface area contributed by atoms with Crippen molar-refractivity contribution in [2.24, 2.45) is 5.41 Å². The van der Waals surface area contributed by atoms with Gasteiger partial charge in [0.1, 0.15) is 11.6 Å². The number of aryl methyl sites for hydroxylation is 1. The Labute approximate surface area is 267 Å². The molecule has 0 aromatic carbocycles. The highest BCUT2D eigenvalue weighted by atomic mass is 32.1. The Morgan fingerprint density at radius 3 is 2.47 bits per heavy atom. The van der Waals surface area contributed by atoms with Crippen LogP contribution in [0, 0.1) is 5.41 Å². The SMILES string of the molecule is CCn1c(-c2cccnc2[C@H](C)OC)c(CC(C)(C)CO)c2nc(-c3csc(CC(NC(=O)OC(C)(C)C)C(=O)O)n3)ccc21. The molecule has 0 radical (unpaired) electrons. The van der Waals surface area contributed by atoms with Gasteiger partial charge in [-0.3, -0.25) is 4.98 Å². The summed E-state index contributed by atoms with van der Waals surface area (Å²) in [6.07, 6.45) is 1.28. The van der Waals surface area contributed by atoms with Crippen LogP contribution in [0.5, 0.6) is 0 Å². The van der Waals surface area contributed by atoms with Gasteiger partial charge in [0, 0.05) is 49.4 Å². The normalized spacial score (nSPS) is 13.5. The number of alkyl carbamates (subject to hydrolysis) is 1. The number of carbonyl (C=O) groups is 2. The maximum absolute atomic E-state index is 12.2. The van der Waals surface area contributed by atoms with Crippen LogP contribution in [0.1, 0.15) is 70.8 Å². The first-order chi connectivity index (χ1) is 21.2. The van der Waals surface area contributed by atoms with Crippen molar-refractivity contribution in [2.75, 3.05) is 13.7 Å². The molecule has 12 heteroatoms. The number of thiazole rings is 1. The molecule has 0 aliphatic carbocycles. The fourth-order valence-corrected chi connectivity index (χ4v) is 6.00. The van der Waals surface area contributed by atoms with E-state index in [1.54, 1.807) is 34.1 Å². The molecule has 11 nitrogen and oxygen atoms in total. The van der Waals surface area contributed by atoms with E-state index in [9.17, 15) is 19.8 Å². The number of nitrogens with zero attached hydrogens (tertiary/aromatic N) is 4. The molecule has 0 saturated heterocycles. The van der Waals surface area contributed by atoms with Gasteiger partial charge in [-0.15, -0.1) is 11.3 Å². The molecule has 0 fully saturated rings. The molecule has 3 N–H and O–H groups in total. The predicted octanol–water partition coefficient (Wildman–Crippen LogP) is 6.03. The lowest BCUT2D eigenvalue weighted by Gasteiger charge is -2.23. The highest BCUT2D eigenvalue weighted by Gasteiger charge is 2.29. The number of hydrogen-bond donors (Lipinski definition) is 3. The van der Waals surface area contributed by atoms with E-state index in [4.69, 9.17) is 19.4 Å². The quantitative estimate of drug-likeness (QED) is 0.169. The first-order valence-corrected chi connectivity index (χ1v) is 15.8. The van der Waals surface area contributed by atoms with E-state index in [2.05, 4.69) is 21.8 Å². The second-order valence-electron chi connectivity index (χ2n) is 12.8. The molecular weight excluding hydrogens is 594 g/mol. The number of pyridine rings is 2. The van der Waals surface area contributed by atoms with E-state index < -0.39 is 29.1 Å². The summed E-state index contributed by atoms with van der Waals surface area (Å²) in [5.74, 6) is -1.18. The average molecular weight is 638 g/mol. The Morgan fingerprint density at radius 2 is 1.84 bits per heavy atom. The van der Waals surface area contributed by atoms with E-state index in [-0.39, 0.29) is 19.1 Å². The molecule has 0 spiro atoms. The Hall–Kier alpha value is -3.87. The van der Waals surface area contributed by atoms with Crippen molar-refractivity contribution in [3.05, 3.63) is 52.1 Å². The van der Waals surface area contributed by atoms with Gasteiger partial charge in [0.25, 0.3) is 0 Å². The van der Waals surface area contributed by atoms with Crippen LogP contribution in [0.25, 0.3) is 33.7 Å². The minimum Gasteiger partial charge on any atom is -0.480 e. The highest BCUT2D eigenvalue weighted by molar-refractivity contribution is 7.10. The number of carboxylic acid groups (broad SMARTS) is 1. The van der Waals surface area contributed by atoms with Gasteiger partial charge in [-0.05, 0) is 70.7 Å². The molecule has 0 aliphatic heterocycles. The Bertz CT molecular complexity index is 1670. The summed E-state index contributed by atoms with van der Waals surface area (Å²) in [6.45, 7) is 13.9. The maximum atomic E-state index is 12.2. The van der Waals surface area contributed by atoms with E-state index in [0.717, 1.165) is 33.5 Å². The van der Waals surface area contributed by atoms with Crippen molar-refractivity contribution in [3.63, 3.8) is 0 Å². The molecule has 0 saturated carbocycles. The first-order valence-electron chi connectivity index (χ1n) is 15.0. The third-order valence-corrected chi connectivity index (χ3v) is 8.29. The minimum atomic E-state index is -1.20. The number of hydrogen-bond acceptors (Lipinski definition) is 9. The zero-order chi connectivity index (χ0) is 33.1. The molecule has 1 amide bonds. The van der Waals surface area contributed by atoms with Gasteiger partial charge < -0.3 is 29.6 Å². The summed E-state index contributed by atoms with van der Waals surface area (Å²) in [4.78, 5) is 38.7. The van der Waals surface area contributed by atoms with Crippen LogP contribution in [-0.2, 0) is 33.7 Å². The molecule has 0 aliphatic rings. The minimum absolute atomic E-state index is 0.00315. The molecule has 1 unspecified atom stereocenters. The van der Waals surface area contributed by atoms with Gasteiger partial charge in [-0.1, -0.05) is 13.8 Å². The van der Waals surface area contributed by atoms with Crippen LogP contribution < -0.4 is 5.32 Å². The number of carbonyl (C=O) groups excluding carboxylic acids is 1. The average Bonchev–Trinajstić information content (AvgIpc) is 3.57. The summed E-state index contributed by atoms with van der Waals surface area (Å²) in [5, 5.41) is 24.8. The van der Waals surface area contributed by atoms with Crippen molar-refractivity contribution in [1.29, 1.82) is 0 Å². The van der Waals surface area contributed by atoms with E-state index >= 15 is 0 Å². The summed E-state index contributed by atoms with van der Waals surface area (Å²) in [6, 6.07) is 6.70. The van der Waals surface area contributed by atoms with Crippen LogP contribution in [0.2, 0.25) is 0 Å². The lowest BCUT2D eigenvalue weighted by Crippen LogP contribution is -2.44. The van der Waals surface area contributed by atoms with Crippen LogP contribution in [0.4, 0.5) is 4.79 Å². The number of fused-ring (bicyclic) bond motifs is 1. The largest absolute Gasteiger partial charge is 0.480 e. The number of aliphatic hydroxyl groups excluding tert-OH is 1. The fraction of sp³-hybridized carbons (Fsp3) is 0.485. The van der Waals surface area contributed by atoms with Gasteiger partial charge in [-0.25, -0.2) is 19.6 Å². The third-order valence-electron chi connectivity index (χ3n) is 7.42. The van der Waals surface area contributed by atoms with Crippen molar-refractivity contribution >= 4 is 34.4 Å². The standard InChI is InChI=1S/C33H43N5O6S/c1-9-38-25-13-12-22(24-17-45-26(35-24)15-23(30(40)41)37-31(42)44-32(3,4)5)36-28(25)21(16-33(6,7)18-39)29(38)20-11-10-14-34-27(20)19(2)43-8/h10-14,17,19,23,39H,9,15-16,18H2,1-8H3,(H,37,42)(H,40,41)/t19-,23?/m0/s1. The lowest BCUT2D eigenvalue weighted by atomic mass is 9.85. The topological polar surface area (TPSA) is 149 Å². The third kappa shape index (κ3) is 7.86. The molecular formula is C33H43N5O6S. The molecule has 4 heterocycles. The Kier molecular flexibility index (Phi) is 10.3. The number of ether oxygens (including phenoxy) is 2. The maximum Gasteiger partial charge on any atom is 0.408 e. The second-order valence-corrected chi connectivity index (χ2v) is 13.8. The number of carboxylic acids is 1. The molecule has 0 bridgehead atoms.